The molecule has 3 N–H and O–H groups in total. The van der Waals surface area contributed by atoms with E-state index in [1.165, 1.54) is 12.1 Å². The number of nitrogens with one attached hydrogen (secondary N) is 3. The molecule has 0 bridgehead atoms. The topological polar surface area (TPSA) is 112 Å². The minimum atomic E-state index is -0.370. The van der Waals surface area contributed by atoms with Gasteiger partial charge >= 0.3 is 0 Å². The molecule has 31 heavy (non-hydrogen) atoms. The lowest BCUT2D eigenvalue weighted by Crippen LogP contribution is -2.51. The van der Waals surface area contributed by atoms with Crippen molar-refractivity contribution in [3.8, 4) is 0 Å². The van der Waals surface area contributed by atoms with Crippen molar-refractivity contribution in [2.45, 2.75) is 13.0 Å². The average molecular weight is 421 g/mol. The lowest BCUT2D eigenvalue weighted by molar-refractivity contribution is -0.130. The number of anilines is 4. The van der Waals surface area contributed by atoms with E-state index in [4.69, 9.17) is 0 Å². The molecule has 3 heterocycles. The average Bonchev–Trinajstić information content (AvgIpc) is 2.74. The second-order valence-corrected chi connectivity index (χ2v) is 7.06. The Morgan fingerprint density at radius 3 is 2.42 bits per heavy atom. The van der Waals surface area contributed by atoms with Crippen LogP contribution in [-0.2, 0) is 9.59 Å². The maximum Gasteiger partial charge on any atom is 0.246 e. The molecule has 0 spiro atoms. The number of benzene rings is 1. The van der Waals surface area contributed by atoms with Crippen molar-refractivity contribution >= 4 is 35.0 Å². The SMILES string of the molecule is C[C@H](Nc1cc(N2CC(=O)NC(=O)C2)cc(Nc2cnccn2)n1)c1ccc(F)cc1. The van der Waals surface area contributed by atoms with Crippen molar-refractivity contribution in [1.82, 2.24) is 20.3 Å². The number of aromatic nitrogens is 3. The van der Waals surface area contributed by atoms with Crippen molar-refractivity contribution in [3.63, 3.8) is 0 Å². The summed E-state index contributed by atoms with van der Waals surface area (Å²) < 4.78 is 13.2. The van der Waals surface area contributed by atoms with Gasteiger partial charge in [0, 0.05) is 36.3 Å². The van der Waals surface area contributed by atoms with Crippen molar-refractivity contribution in [2.24, 2.45) is 0 Å². The molecule has 9 nitrogen and oxygen atoms in total. The van der Waals surface area contributed by atoms with Crippen LogP contribution < -0.4 is 20.9 Å². The number of nitrogens with zero attached hydrogens (tertiary/aromatic N) is 4. The number of carbonyl (C=O) groups excluding carboxylic acids is 2. The zero-order valence-electron chi connectivity index (χ0n) is 16.7. The van der Waals surface area contributed by atoms with Crippen LogP contribution in [0.3, 0.4) is 0 Å². The molecule has 1 saturated heterocycles. The zero-order chi connectivity index (χ0) is 21.8. The maximum atomic E-state index is 13.2. The van der Waals surface area contributed by atoms with Gasteiger partial charge in [-0.3, -0.25) is 19.9 Å². The Hall–Kier alpha value is -4.08. The molecule has 3 aromatic rings. The molecule has 0 aliphatic carbocycles. The molecule has 1 atom stereocenters. The summed E-state index contributed by atoms with van der Waals surface area (Å²) in [7, 11) is 0. The maximum absolute atomic E-state index is 13.2. The summed E-state index contributed by atoms with van der Waals surface area (Å²) in [5.41, 5.74) is 1.52. The summed E-state index contributed by atoms with van der Waals surface area (Å²) in [5.74, 6) is 0.428. The molecule has 4 rings (SSSR count). The zero-order valence-corrected chi connectivity index (χ0v) is 16.7. The lowest BCUT2D eigenvalue weighted by atomic mass is 10.1. The van der Waals surface area contributed by atoms with E-state index in [1.54, 1.807) is 47.8 Å². The molecule has 1 aromatic carbocycles. The van der Waals surface area contributed by atoms with E-state index in [2.05, 4.69) is 30.9 Å². The van der Waals surface area contributed by atoms with E-state index in [0.29, 0.717) is 23.1 Å². The minimum absolute atomic E-state index is 0.0489. The van der Waals surface area contributed by atoms with Gasteiger partial charge in [-0.05, 0) is 24.6 Å². The molecule has 2 aromatic heterocycles. The Morgan fingerprint density at radius 1 is 1.03 bits per heavy atom. The van der Waals surface area contributed by atoms with E-state index in [0.717, 1.165) is 5.56 Å². The fourth-order valence-corrected chi connectivity index (χ4v) is 3.21. The van der Waals surface area contributed by atoms with Gasteiger partial charge in [0.25, 0.3) is 0 Å². The third kappa shape index (κ3) is 5.10. The van der Waals surface area contributed by atoms with Crippen LogP contribution in [0.2, 0.25) is 0 Å². The Morgan fingerprint density at radius 2 is 1.74 bits per heavy atom. The van der Waals surface area contributed by atoms with Gasteiger partial charge in [-0.15, -0.1) is 0 Å². The summed E-state index contributed by atoms with van der Waals surface area (Å²) >= 11 is 0. The molecule has 158 valence electrons. The number of amides is 2. The highest BCUT2D eigenvalue weighted by Gasteiger charge is 2.24. The molecular formula is C21H20FN7O2. The quantitative estimate of drug-likeness (QED) is 0.520. The molecule has 1 fully saturated rings. The third-order valence-electron chi connectivity index (χ3n) is 4.68. The van der Waals surface area contributed by atoms with Crippen molar-refractivity contribution in [3.05, 3.63) is 66.4 Å². The normalized spacial score (nSPS) is 14.7. The number of imide groups is 1. The number of rotatable bonds is 6. The van der Waals surface area contributed by atoms with Crippen LogP contribution in [0.5, 0.6) is 0 Å². The summed E-state index contributed by atoms with van der Waals surface area (Å²) in [6, 6.07) is 9.51. The van der Waals surface area contributed by atoms with Crippen LogP contribution in [0, 0.1) is 5.82 Å². The van der Waals surface area contributed by atoms with Crippen LogP contribution >= 0.6 is 0 Å². The molecule has 1 aliphatic heterocycles. The first kappa shape index (κ1) is 20.2. The van der Waals surface area contributed by atoms with Crippen LogP contribution in [0.4, 0.5) is 27.5 Å². The minimum Gasteiger partial charge on any atom is -0.363 e. The van der Waals surface area contributed by atoms with E-state index in [9.17, 15) is 14.0 Å². The monoisotopic (exact) mass is 421 g/mol. The summed E-state index contributed by atoms with van der Waals surface area (Å²) in [5, 5.41) is 8.66. The molecule has 2 amide bonds. The van der Waals surface area contributed by atoms with E-state index < -0.39 is 0 Å². The Balaban J connectivity index is 1.64. The van der Waals surface area contributed by atoms with Gasteiger partial charge < -0.3 is 15.5 Å². The third-order valence-corrected chi connectivity index (χ3v) is 4.68. The van der Waals surface area contributed by atoms with E-state index in [-0.39, 0.29) is 36.8 Å². The van der Waals surface area contributed by atoms with Crippen molar-refractivity contribution in [1.29, 1.82) is 0 Å². The predicted octanol–water partition coefficient (Wildman–Crippen LogP) is 2.39. The summed E-state index contributed by atoms with van der Waals surface area (Å²) in [4.78, 5) is 38.1. The first-order valence-corrected chi connectivity index (χ1v) is 9.61. The van der Waals surface area contributed by atoms with Crippen LogP contribution in [0.25, 0.3) is 0 Å². The highest BCUT2D eigenvalue weighted by Crippen LogP contribution is 2.27. The fraction of sp³-hybridized carbons (Fsp3) is 0.190. The van der Waals surface area contributed by atoms with Crippen molar-refractivity contribution in [2.75, 3.05) is 28.6 Å². The molecule has 1 aliphatic rings. The Bertz CT molecular complexity index is 1080. The fourth-order valence-electron chi connectivity index (χ4n) is 3.21. The predicted molar refractivity (Wildman–Crippen MR) is 113 cm³/mol. The van der Waals surface area contributed by atoms with Gasteiger partial charge in [0.15, 0.2) is 0 Å². The Labute approximate surface area is 177 Å². The number of carbonyl (C=O) groups is 2. The number of piperazine rings is 1. The first-order valence-electron chi connectivity index (χ1n) is 9.61. The Kier molecular flexibility index (Phi) is 5.69. The second-order valence-electron chi connectivity index (χ2n) is 7.06. The largest absolute Gasteiger partial charge is 0.363 e. The molecule has 10 heteroatoms. The molecule has 0 saturated carbocycles. The number of pyridine rings is 1. The van der Waals surface area contributed by atoms with Crippen LogP contribution in [0.1, 0.15) is 18.5 Å². The molecule has 0 radical (unpaired) electrons. The second kappa shape index (κ2) is 8.74. The van der Waals surface area contributed by atoms with Gasteiger partial charge in [0.1, 0.15) is 23.3 Å². The van der Waals surface area contributed by atoms with Gasteiger partial charge in [-0.2, -0.15) is 0 Å². The van der Waals surface area contributed by atoms with E-state index >= 15 is 0 Å². The smallest absolute Gasteiger partial charge is 0.246 e. The van der Waals surface area contributed by atoms with Crippen molar-refractivity contribution < 1.29 is 14.0 Å². The van der Waals surface area contributed by atoms with Crippen LogP contribution in [0.15, 0.2) is 55.0 Å². The number of halogens is 1. The highest BCUT2D eigenvalue weighted by atomic mass is 19.1. The highest BCUT2D eigenvalue weighted by molar-refractivity contribution is 6.02. The first-order chi connectivity index (χ1) is 15.0. The van der Waals surface area contributed by atoms with Gasteiger partial charge in [0.05, 0.1) is 19.3 Å². The standard InChI is InChI=1S/C21H20FN7O2/c1-13(14-2-4-15(22)5-3-14)25-17-8-16(29-11-20(30)28-21(31)12-29)9-18(26-17)27-19-10-23-6-7-24-19/h2-10,13H,11-12H2,1H3,(H,28,30,31)(H2,24,25,26,27)/t13-/m0/s1. The molecule has 0 unspecified atom stereocenters. The summed E-state index contributed by atoms with van der Waals surface area (Å²) in [6.07, 6.45) is 4.67. The van der Waals surface area contributed by atoms with Crippen LogP contribution in [-0.4, -0.2) is 39.9 Å². The molecular weight excluding hydrogens is 401 g/mol. The van der Waals surface area contributed by atoms with Gasteiger partial charge in [0.2, 0.25) is 11.8 Å². The van der Waals surface area contributed by atoms with E-state index in [1.807, 2.05) is 6.92 Å². The van der Waals surface area contributed by atoms with Gasteiger partial charge in [-0.25, -0.2) is 14.4 Å². The number of hydrogen-bond acceptors (Lipinski definition) is 8. The number of hydrogen-bond donors (Lipinski definition) is 3. The lowest BCUT2D eigenvalue weighted by Gasteiger charge is -2.28. The van der Waals surface area contributed by atoms with Gasteiger partial charge in [-0.1, -0.05) is 12.1 Å². The summed E-state index contributed by atoms with van der Waals surface area (Å²) in [6.45, 7) is 2.02.